The van der Waals surface area contributed by atoms with Gasteiger partial charge in [0.1, 0.15) is 0 Å². The number of amides is 2. The van der Waals surface area contributed by atoms with Crippen molar-refractivity contribution in [1.82, 2.24) is 10.2 Å². The van der Waals surface area contributed by atoms with E-state index < -0.39 is 0 Å². The third-order valence-electron chi connectivity index (χ3n) is 5.42. The normalized spacial score (nSPS) is 15.2. The lowest BCUT2D eigenvalue weighted by Crippen LogP contribution is -2.45. The number of fused-ring (bicyclic) bond motifs is 1. The third kappa shape index (κ3) is 4.20. The highest BCUT2D eigenvalue weighted by molar-refractivity contribution is 5.95. The molecule has 7 nitrogen and oxygen atoms in total. The van der Waals surface area contributed by atoms with Crippen molar-refractivity contribution in [2.24, 2.45) is 0 Å². The second kappa shape index (κ2) is 9.52. The zero-order valence-corrected chi connectivity index (χ0v) is 17.9. The molecule has 0 aliphatic carbocycles. The number of rotatable bonds is 7. The SMILES string of the molecule is CCC(=O)N1CCc2ccccc2C1CNC(=O)c1cc(OC)c(OC)c(OC)c1. The Morgan fingerprint density at radius 3 is 2.33 bits per heavy atom. The molecule has 1 heterocycles. The molecule has 30 heavy (non-hydrogen) atoms. The van der Waals surface area contributed by atoms with Crippen LogP contribution in [0.5, 0.6) is 17.2 Å². The zero-order valence-electron chi connectivity index (χ0n) is 17.9. The monoisotopic (exact) mass is 412 g/mol. The zero-order chi connectivity index (χ0) is 21.7. The van der Waals surface area contributed by atoms with Gasteiger partial charge in [0.25, 0.3) is 5.91 Å². The van der Waals surface area contributed by atoms with Gasteiger partial charge in [0.15, 0.2) is 11.5 Å². The van der Waals surface area contributed by atoms with Gasteiger partial charge < -0.3 is 24.4 Å². The van der Waals surface area contributed by atoms with Crippen LogP contribution >= 0.6 is 0 Å². The van der Waals surface area contributed by atoms with E-state index in [1.165, 1.54) is 26.9 Å². The minimum Gasteiger partial charge on any atom is -0.493 e. The van der Waals surface area contributed by atoms with Crippen LogP contribution in [-0.4, -0.2) is 51.1 Å². The highest BCUT2D eigenvalue weighted by Gasteiger charge is 2.30. The van der Waals surface area contributed by atoms with Crippen LogP contribution in [0.25, 0.3) is 0 Å². The summed E-state index contributed by atoms with van der Waals surface area (Å²) in [6.07, 6.45) is 1.25. The predicted octanol–water partition coefficient (Wildman–Crippen LogP) is 2.98. The van der Waals surface area contributed by atoms with Gasteiger partial charge in [-0.25, -0.2) is 0 Å². The molecular weight excluding hydrogens is 384 g/mol. The van der Waals surface area contributed by atoms with E-state index in [1.54, 1.807) is 12.1 Å². The third-order valence-corrected chi connectivity index (χ3v) is 5.42. The summed E-state index contributed by atoms with van der Waals surface area (Å²) in [4.78, 5) is 27.3. The highest BCUT2D eigenvalue weighted by atomic mass is 16.5. The molecule has 1 atom stereocenters. The molecule has 2 aromatic rings. The number of carbonyl (C=O) groups excluding carboxylic acids is 2. The Bertz CT molecular complexity index is 903. The minimum absolute atomic E-state index is 0.0801. The Kier molecular flexibility index (Phi) is 6.82. The van der Waals surface area contributed by atoms with Crippen LogP contribution < -0.4 is 19.5 Å². The molecule has 1 aliphatic rings. The average molecular weight is 412 g/mol. The molecule has 2 amide bonds. The lowest BCUT2D eigenvalue weighted by molar-refractivity contribution is -0.133. The first-order valence-corrected chi connectivity index (χ1v) is 9.99. The summed E-state index contributed by atoms with van der Waals surface area (Å²) in [6.45, 7) is 2.82. The minimum atomic E-state index is -0.277. The van der Waals surface area contributed by atoms with E-state index >= 15 is 0 Å². The second-order valence-corrected chi connectivity index (χ2v) is 7.03. The highest BCUT2D eigenvalue weighted by Crippen LogP contribution is 2.38. The second-order valence-electron chi connectivity index (χ2n) is 7.03. The molecule has 0 radical (unpaired) electrons. The van der Waals surface area contributed by atoms with Gasteiger partial charge in [0.2, 0.25) is 11.7 Å². The Labute approximate surface area is 176 Å². The summed E-state index contributed by atoms with van der Waals surface area (Å²) in [5, 5.41) is 2.97. The number of benzene rings is 2. The fourth-order valence-electron chi connectivity index (χ4n) is 3.88. The van der Waals surface area contributed by atoms with Gasteiger partial charge in [0.05, 0.1) is 27.4 Å². The van der Waals surface area contributed by atoms with Crippen molar-refractivity contribution in [3.05, 3.63) is 53.1 Å². The smallest absolute Gasteiger partial charge is 0.251 e. The van der Waals surface area contributed by atoms with E-state index in [-0.39, 0.29) is 17.9 Å². The molecule has 0 spiro atoms. The molecule has 2 aromatic carbocycles. The lowest BCUT2D eigenvalue weighted by atomic mass is 9.92. The van der Waals surface area contributed by atoms with Crippen molar-refractivity contribution in [1.29, 1.82) is 0 Å². The van der Waals surface area contributed by atoms with Crippen molar-refractivity contribution >= 4 is 11.8 Å². The lowest BCUT2D eigenvalue weighted by Gasteiger charge is -2.37. The first kappa shape index (κ1) is 21.5. The van der Waals surface area contributed by atoms with E-state index in [1.807, 2.05) is 30.0 Å². The largest absolute Gasteiger partial charge is 0.493 e. The summed E-state index contributed by atoms with van der Waals surface area (Å²) >= 11 is 0. The summed E-state index contributed by atoms with van der Waals surface area (Å²) in [6, 6.07) is 11.1. The van der Waals surface area contributed by atoms with Crippen molar-refractivity contribution in [3.8, 4) is 17.2 Å². The molecular formula is C23H28N2O5. The molecule has 160 valence electrons. The quantitative estimate of drug-likeness (QED) is 0.757. The van der Waals surface area contributed by atoms with E-state index in [2.05, 4.69) is 11.4 Å². The first-order chi connectivity index (χ1) is 14.5. The number of carbonyl (C=O) groups is 2. The molecule has 0 saturated carbocycles. The molecule has 0 bridgehead atoms. The van der Waals surface area contributed by atoms with Gasteiger partial charge in [0, 0.05) is 25.1 Å². The van der Waals surface area contributed by atoms with Crippen LogP contribution in [-0.2, 0) is 11.2 Å². The average Bonchev–Trinajstić information content (AvgIpc) is 2.80. The molecule has 0 saturated heterocycles. The Balaban J connectivity index is 1.84. The maximum absolute atomic E-state index is 12.9. The van der Waals surface area contributed by atoms with Crippen molar-refractivity contribution in [3.63, 3.8) is 0 Å². The summed E-state index contributed by atoms with van der Waals surface area (Å²) in [7, 11) is 4.53. The van der Waals surface area contributed by atoms with Crippen molar-refractivity contribution in [2.75, 3.05) is 34.4 Å². The fraction of sp³-hybridized carbons (Fsp3) is 0.391. The van der Waals surface area contributed by atoms with Crippen LogP contribution in [0.15, 0.2) is 36.4 Å². The van der Waals surface area contributed by atoms with E-state index in [9.17, 15) is 9.59 Å². The van der Waals surface area contributed by atoms with Gasteiger partial charge >= 0.3 is 0 Å². The molecule has 3 rings (SSSR count). The van der Waals surface area contributed by atoms with Gasteiger partial charge in [-0.1, -0.05) is 31.2 Å². The number of nitrogens with zero attached hydrogens (tertiary/aromatic N) is 1. The molecule has 1 unspecified atom stereocenters. The number of hydrogen-bond acceptors (Lipinski definition) is 5. The number of hydrogen-bond donors (Lipinski definition) is 1. The Morgan fingerprint density at radius 2 is 1.73 bits per heavy atom. The van der Waals surface area contributed by atoms with Gasteiger partial charge in [-0.3, -0.25) is 9.59 Å². The maximum atomic E-state index is 12.9. The maximum Gasteiger partial charge on any atom is 0.251 e. The van der Waals surface area contributed by atoms with Crippen molar-refractivity contribution in [2.45, 2.75) is 25.8 Å². The molecule has 1 N–H and O–H groups in total. The van der Waals surface area contributed by atoms with Crippen LogP contribution in [0.3, 0.4) is 0 Å². The van der Waals surface area contributed by atoms with Crippen LogP contribution in [0, 0.1) is 0 Å². The standard InChI is InChI=1S/C23H28N2O5/c1-5-21(26)25-11-10-15-8-6-7-9-17(15)18(25)14-24-23(27)16-12-19(28-2)22(30-4)20(13-16)29-3/h6-9,12-13,18H,5,10-11,14H2,1-4H3,(H,24,27). The Morgan fingerprint density at radius 1 is 1.07 bits per heavy atom. The van der Waals surface area contributed by atoms with E-state index in [0.717, 1.165) is 12.0 Å². The predicted molar refractivity (Wildman–Crippen MR) is 113 cm³/mol. The van der Waals surface area contributed by atoms with Gasteiger partial charge in [-0.05, 0) is 29.7 Å². The van der Waals surface area contributed by atoms with Crippen LogP contribution in [0.1, 0.15) is 40.9 Å². The molecule has 0 fully saturated rings. The van der Waals surface area contributed by atoms with Crippen LogP contribution in [0.2, 0.25) is 0 Å². The summed E-state index contributed by atoms with van der Waals surface area (Å²) in [5.41, 5.74) is 2.68. The van der Waals surface area contributed by atoms with Gasteiger partial charge in [-0.15, -0.1) is 0 Å². The first-order valence-electron chi connectivity index (χ1n) is 9.99. The molecule has 0 aromatic heterocycles. The summed E-state index contributed by atoms with van der Waals surface area (Å²) in [5.74, 6) is 1.05. The summed E-state index contributed by atoms with van der Waals surface area (Å²) < 4.78 is 16.0. The van der Waals surface area contributed by atoms with E-state index in [0.29, 0.717) is 42.3 Å². The Hall–Kier alpha value is -3.22. The number of nitrogens with one attached hydrogen (secondary N) is 1. The number of ether oxygens (including phenoxy) is 3. The number of methoxy groups -OCH3 is 3. The van der Waals surface area contributed by atoms with Crippen LogP contribution in [0.4, 0.5) is 0 Å². The molecule has 1 aliphatic heterocycles. The fourth-order valence-corrected chi connectivity index (χ4v) is 3.88. The topological polar surface area (TPSA) is 77.1 Å². The van der Waals surface area contributed by atoms with Crippen molar-refractivity contribution < 1.29 is 23.8 Å². The van der Waals surface area contributed by atoms with Gasteiger partial charge in [-0.2, -0.15) is 0 Å². The molecule has 7 heteroatoms. The van der Waals surface area contributed by atoms with E-state index in [4.69, 9.17) is 14.2 Å².